The largest absolute Gasteiger partial charge is 0.490 e. The summed E-state index contributed by atoms with van der Waals surface area (Å²) in [5, 5.41) is 19.6. The van der Waals surface area contributed by atoms with Crippen LogP contribution in [0.3, 0.4) is 0 Å². The number of rotatable bonds is 7. The fraction of sp³-hybridized carbons (Fsp3) is 0.440. The zero-order valence-corrected chi connectivity index (χ0v) is 19.2. The van der Waals surface area contributed by atoms with Gasteiger partial charge in [0, 0.05) is 24.1 Å². The van der Waals surface area contributed by atoms with E-state index in [9.17, 15) is 18.0 Å². The molecular formula is C25H30F3N3O4. The Morgan fingerprint density at radius 2 is 1.60 bits per heavy atom. The van der Waals surface area contributed by atoms with Crippen LogP contribution in [0.15, 0.2) is 54.6 Å². The van der Waals surface area contributed by atoms with Crippen LogP contribution in [0.25, 0.3) is 0 Å². The molecule has 2 fully saturated rings. The summed E-state index contributed by atoms with van der Waals surface area (Å²) in [4.78, 5) is 22.8. The van der Waals surface area contributed by atoms with Gasteiger partial charge in [0.1, 0.15) is 0 Å². The Labute approximate surface area is 201 Å². The van der Waals surface area contributed by atoms with Crippen molar-refractivity contribution in [3.63, 3.8) is 0 Å². The summed E-state index contributed by atoms with van der Waals surface area (Å²) >= 11 is 0. The first-order valence-corrected chi connectivity index (χ1v) is 11.5. The molecule has 0 aromatic heterocycles. The quantitative estimate of drug-likeness (QED) is 0.346. The number of alkyl halides is 3. The molecule has 10 heteroatoms. The Balaban J connectivity index is 0.000000429. The third-order valence-corrected chi connectivity index (χ3v) is 6.36. The van der Waals surface area contributed by atoms with Gasteiger partial charge in [-0.3, -0.25) is 14.9 Å². The molecule has 1 saturated heterocycles. The van der Waals surface area contributed by atoms with Crippen molar-refractivity contribution in [2.24, 2.45) is 5.92 Å². The maximum atomic E-state index is 11.4. The van der Waals surface area contributed by atoms with Gasteiger partial charge in [-0.1, -0.05) is 42.5 Å². The molecule has 1 heterocycles. The van der Waals surface area contributed by atoms with Gasteiger partial charge in [0.2, 0.25) is 0 Å². The number of hydrogen-bond acceptors (Lipinski definition) is 5. The van der Waals surface area contributed by atoms with Crippen LogP contribution in [-0.2, 0) is 11.3 Å². The van der Waals surface area contributed by atoms with Crippen LogP contribution in [0.4, 0.5) is 13.2 Å². The number of carboxylic acids is 1. The molecule has 0 radical (unpaired) electrons. The number of carboxylic acid groups (broad SMARTS) is 1. The molecule has 0 bridgehead atoms. The average molecular weight is 494 g/mol. The summed E-state index contributed by atoms with van der Waals surface area (Å²) in [6.45, 7) is 4.29. The topological polar surface area (TPSA) is 102 Å². The molecule has 4 N–H and O–H groups in total. The summed E-state index contributed by atoms with van der Waals surface area (Å²) in [7, 11) is 0. The molecule has 2 atom stereocenters. The van der Waals surface area contributed by atoms with Crippen LogP contribution in [0.1, 0.15) is 46.7 Å². The van der Waals surface area contributed by atoms with Crippen molar-refractivity contribution < 1.29 is 33.1 Å². The van der Waals surface area contributed by atoms with Gasteiger partial charge < -0.3 is 10.4 Å². The van der Waals surface area contributed by atoms with Crippen LogP contribution in [0.5, 0.6) is 0 Å². The molecule has 1 aliphatic carbocycles. The molecule has 1 saturated carbocycles. The molecule has 190 valence electrons. The molecule has 1 aliphatic heterocycles. The van der Waals surface area contributed by atoms with E-state index in [0.717, 1.165) is 32.1 Å². The Kier molecular flexibility index (Phi) is 9.25. The number of aliphatic carboxylic acids is 1. The SMILES string of the molecule is O=C(NO)c1ccc(CN2CCC(CNC3CC3c3ccccc3)CC2)cc1.O=C(O)C(F)(F)F. The molecule has 2 aliphatic rings. The van der Waals surface area contributed by atoms with E-state index in [0.29, 0.717) is 17.5 Å². The normalized spacial score (nSPS) is 20.5. The number of benzene rings is 2. The standard InChI is InChI=1S/C23H29N3O2.C2HF3O2/c27-23(25-28)20-8-6-18(7-9-20)16-26-12-10-17(11-13-26)15-24-22-14-21(22)19-4-2-1-3-5-19;3-2(4,5)1(6)7/h1-9,17,21-22,24,28H,10-16H2,(H,25,27);(H,6,7). The zero-order valence-electron chi connectivity index (χ0n) is 19.2. The Hall–Kier alpha value is -2.95. The van der Waals surface area contributed by atoms with Crippen molar-refractivity contribution in [1.82, 2.24) is 15.7 Å². The highest BCUT2D eigenvalue weighted by atomic mass is 19.4. The van der Waals surface area contributed by atoms with Gasteiger partial charge in [0.15, 0.2) is 0 Å². The number of likely N-dealkylation sites (tertiary alicyclic amines) is 1. The minimum absolute atomic E-state index is 0.468. The van der Waals surface area contributed by atoms with E-state index in [1.165, 1.54) is 30.4 Å². The summed E-state index contributed by atoms with van der Waals surface area (Å²) < 4.78 is 31.7. The Morgan fingerprint density at radius 1 is 1.00 bits per heavy atom. The number of hydroxylamine groups is 1. The zero-order chi connectivity index (χ0) is 25.4. The average Bonchev–Trinajstić information content (AvgIpc) is 3.64. The lowest BCUT2D eigenvalue weighted by molar-refractivity contribution is -0.192. The van der Waals surface area contributed by atoms with Crippen molar-refractivity contribution in [3.05, 3.63) is 71.3 Å². The smallest absolute Gasteiger partial charge is 0.475 e. The first-order chi connectivity index (χ1) is 16.7. The second-order valence-corrected chi connectivity index (χ2v) is 8.93. The molecule has 2 aromatic rings. The lowest BCUT2D eigenvalue weighted by Gasteiger charge is -2.32. The first kappa shape index (κ1) is 26.7. The van der Waals surface area contributed by atoms with E-state index < -0.39 is 18.1 Å². The van der Waals surface area contributed by atoms with Gasteiger partial charge in [-0.2, -0.15) is 13.2 Å². The summed E-state index contributed by atoms with van der Waals surface area (Å²) in [6, 6.07) is 19.0. The lowest BCUT2D eigenvalue weighted by Crippen LogP contribution is -2.37. The monoisotopic (exact) mass is 493 g/mol. The number of amides is 1. The summed E-state index contributed by atoms with van der Waals surface area (Å²) in [5.41, 5.74) is 4.82. The number of carbonyl (C=O) groups is 2. The Bertz CT molecular complexity index is 962. The van der Waals surface area contributed by atoms with Gasteiger partial charge in [-0.05, 0) is 68.1 Å². The molecule has 35 heavy (non-hydrogen) atoms. The van der Waals surface area contributed by atoms with Gasteiger partial charge in [0.25, 0.3) is 5.91 Å². The second-order valence-electron chi connectivity index (χ2n) is 8.93. The van der Waals surface area contributed by atoms with E-state index in [2.05, 4.69) is 40.5 Å². The number of nitrogens with zero attached hydrogens (tertiary/aromatic N) is 1. The maximum Gasteiger partial charge on any atom is 0.490 e. The van der Waals surface area contributed by atoms with E-state index >= 15 is 0 Å². The fourth-order valence-corrected chi connectivity index (χ4v) is 4.24. The molecule has 2 unspecified atom stereocenters. The van der Waals surface area contributed by atoms with E-state index in [1.807, 2.05) is 12.1 Å². The summed E-state index contributed by atoms with van der Waals surface area (Å²) in [5.74, 6) is -1.75. The number of hydrogen-bond donors (Lipinski definition) is 4. The number of nitrogens with one attached hydrogen (secondary N) is 2. The van der Waals surface area contributed by atoms with E-state index in [4.69, 9.17) is 15.1 Å². The highest BCUT2D eigenvalue weighted by Crippen LogP contribution is 2.40. The van der Waals surface area contributed by atoms with E-state index in [-0.39, 0.29) is 0 Å². The molecule has 0 spiro atoms. The van der Waals surface area contributed by atoms with E-state index in [1.54, 1.807) is 17.6 Å². The fourth-order valence-electron chi connectivity index (χ4n) is 4.24. The van der Waals surface area contributed by atoms with Crippen LogP contribution < -0.4 is 10.8 Å². The van der Waals surface area contributed by atoms with Crippen molar-refractivity contribution in [2.45, 2.75) is 43.9 Å². The highest BCUT2D eigenvalue weighted by Gasteiger charge is 2.38. The minimum atomic E-state index is -5.08. The minimum Gasteiger partial charge on any atom is -0.475 e. The number of piperidine rings is 1. The van der Waals surface area contributed by atoms with Crippen LogP contribution in [0, 0.1) is 5.92 Å². The van der Waals surface area contributed by atoms with Crippen LogP contribution >= 0.6 is 0 Å². The maximum absolute atomic E-state index is 11.4. The molecule has 2 aromatic carbocycles. The van der Waals surface area contributed by atoms with Crippen molar-refractivity contribution in [2.75, 3.05) is 19.6 Å². The van der Waals surface area contributed by atoms with Crippen molar-refractivity contribution >= 4 is 11.9 Å². The van der Waals surface area contributed by atoms with Gasteiger partial charge in [0.05, 0.1) is 0 Å². The second kappa shape index (κ2) is 12.1. The molecule has 4 rings (SSSR count). The molecule has 1 amide bonds. The number of halogens is 3. The first-order valence-electron chi connectivity index (χ1n) is 11.5. The third kappa shape index (κ3) is 8.34. The van der Waals surface area contributed by atoms with Crippen LogP contribution in [-0.4, -0.2) is 58.9 Å². The van der Waals surface area contributed by atoms with Crippen molar-refractivity contribution in [1.29, 1.82) is 0 Å². The molecular weight excluding hydrogens is 463 g/mol. The van der Waals surface area contributed by atoms with Gasteiger partial charge >= 0.3 is 12.1 Å². The lowest BCUT2D eigenvalue weighted by atomic mass is 9.96. The van der Waals surface area contributed by atoms with Gasteiger partial charge in [-0.15, -0.1) is 0 Å². The van der Waals surface area contributed by atoms with Crippen molar-refractivity contribution in [3.8, 4) is 0 Å². The predicted octanol–water partition coefficient (Wildman–Crippen LogP) is 3.80. The third-order valence-electron chi connectivity index (χ3n) is 6.36. The Morgan fingerprint density at radius 3 is 2.14 bits per heavy atom. The van der Waals surface area contributed by atoms with Gasteiger partial charge in [-0.25, -0.2) is 10.3 Å². The predicted molar refractivity (Wildman–Crippen MR) is 123 cm³/mol. The molecule has 7 nitrogen and oxygen atoms in total. The summed E-state index contributed by atoms with van der Waals surface area (Å²) in [6.07, 6.45) is -1.34. The highest BCUT2D eigenvalue weighted by molar-refractivity contribution is 5.93. The van der Waals surface area contributed by atoms with Crippen LogP contribution in [0.2, 0.25) is 0 Å². The number of carbonyl (C=O) groups excluding carboxylic acids is 1.